The van der Waals surface area contributed by atoms with E-state index < -0.39 is 17.7 Å². The van der Waals surface area contributed by atoms with Gasteiger partial charge < -0.3 is 19.5 Å². The van der Waals surface area contributed by atoms with Crippen molar-refractivity contribution in [2.75, 3.05) is 26.2 Å². The molecule has 2 amide bonds. The zero-order valence-electron chi connectivity index (χ0n) is 14.2. The molecule has 1 aromatic heterocycles. The van der Waals surface area contributed by atoms with Crippen LogP contribution in [0.3, 0.4) is 0 Å². The van der Waals surface area contributed by atoms with E-state index in [0.717, 1.165) is 12.1 Å². The number of nitrogens with one attached hydrogen (secondary N) is 1. The van der Waals surface area contributed by atoms with E-state index in [1.807, 2.05) is 0 Å². The molecule has 2 heterocycles. The van der Waals surface area contributed by atoms with Gasteiger partial charge in [0.2, 0.25) is 0 Å². The molecule has 0 aliphatic carbocycles. The van der Waals surface area contributed by atoms with Gasteiger partial charge in [-0.15, -0.1) is 0 Å². The monoisotopic (exact) mass is 363 g/mol. The molecule has 0 radical (unpaired) electrons. The highest BCUT2D eigenvalue weighted by Gasteiger charge is 2.28. The van der Waals surface area contributed by atoms with E-state index in [2.05, 4.69) is 4.98 Å². The van der Waals surface area contributed by atoms with Crippen LogP contribution in [0.5, 0.6) is 5.75 Å². The summed E-state index contributed by atoms with van der Waals surface area (Å²) in [5, 5.41) is 0. The molecular formula is C18H19F2N3O3. The largest absolute Gasteiger partial charge is 0.478 e. The van der Waals surface area contributed by atoms with Crippen molar-refractivity contribution in [2.45, 2.75) is 13.0 Å². The van der Waals surface area contributed by atoms with Crippen molar-refractivity contribution in [2.24, 2.45) is 0 Å². The number of halogens is 2. The minimum absolute atomic E-state index is 0.111. The van der Waals surface area contributed by atoms with Gasteiger partial charge >= 0.3 is 0 Å². The highest BCUT2D eigenvalue weighted by atomic mass is 19.1. The molecule has 1 N–H and O–H groups in total. The number of carbonyl (C=O) groups excluding carboxylic acids is 2. The second-order valence-electron chi connectivity index (χ2n) is 6.04. The standard InChI is InChI=1S/C18H19F2N3O3/c1-12(26-16-5-4-13(19)11-14(16)20)17(24)22-7-9-23(10-8-22)18(25)15-3-2-6-21-15/h2-6,11-12,21H,7-10H2,1H3/t12-/m0/s1. The van der Waals surface area contributed by atoms with Gasteiger partial charge in [0.05, 0.1) is 0 Å². The summed E-state index contributed by atoms with van der Waals surface area (Å²) in [6, 6.07) is 6.38. The third-order valence-electron chi connectivity index (χ3n) is 4.25. The van der Waals surface area contributed by atoms with Crippen LogP contribution in [-0.4, -0.2) is 58.9 Å². The lowest BCUT2D eigenvalue weighted by Gasteiger charge is -2.35. The summed E-state index contributed by atoms with van der Waals surface area (Å²) < 4.78 is 31.9. The number of carbonyl (C=O) groups is 2. The third kappa shape index (κ3) is 3.84. The molecule has 1 aliphatic rings. The lowest BCUT2D eigenvalue weighted by Crippen LogP contribution is -2.53. The third-order valence-corrected chi connectivity index (χ3v) is 4.25. The van der Waals surface area contributed by atoms with Gasteiger partial charge in [-0.3, -0.25) is 9.59 Å². The first-order chi connectivity index (χ1) is 12.5. The first-order valence-electron chi connectivity index (χ1n) is 8.29. The number of aromatic nitrogens is 1. The molecule has 1 atom stereocenters. The maximum Gasteiger partial charge on any atom is 0.270 e. The minimum atomic E-state index is -0.916. The molecule has 2 aromatic rings. The van der Waals surface area contributed by atoms with E-state index in [9.17, 15) is 18.4 Å². The average Bonchev–Trinajstić information content (AvgIpc) is 3.17. The van der Waals surface area contributed by atoms with E-state index in [1.165, 1.54) is 6.92 Å². The number of H-pyrrole nitrogens is 1. The molecule has 0 unspecified atom stereocenters. The fraction of sp³-hybridized carbons (Fsp3) is 0.333. The van der Waals surface area contributed by atoms with Gasteiger partial charge in [0.25, 0.3) is 11.8 Å². The minimum Gasteiger partial charge on any atom is -0.478 e. The van der Waals surface area contributed by atoms with Crippen molar-refractivity contribution < 1.29 is 23.1 Å². The Hall–Kier alpha value is -2.90. The van der Waals surface area contributed by atoms with Crippen molar-refractivity contribution >= 4 is 11.8 Å². The molecule has 138 valence electrons. The number of nitrogens with zero attached hydrogens (tertiary/aromatic N) is 2. The lowest BCUT2D eigenvalue weighted by molar-refractivity contribution is -0.139. The topological polar surface area (TPSA) is 65.6 Å². The first-order valence-corrected chi connectivity index (χ1v) is 8.29. The fourth-order valence-corrected chi connectivity index (χ4v) is 2.83. The van der Waals surface area contributed by atoms with Crippen molar-refractivity contribution in [3.05, 3.63) is 53.9 Å². The normalized spacial score (nSPS) is 15.7. The Bertz CT molecular complexity index is 787. The summed E-state index contributed by atoms with van der Waals surface area (Å²) in [5.74, 6) is -2.16. The summed E-state index contributed by atoms with van der Waals surface area (Å²) >= 11 is 0. The molecule has 8 heteroatoms. The molecule has 0 saturated carbocycles. The van der Waals surface area contributed by atoms with Crippen LogP contribution >= 0.6 is 0 Å². The van der Waals surface area contributed by atoms with Crippen molar-refractivity contribution in [1.82, 2.24) is 14.8 Å². The van der Waals surface area contributed by atoms with Gasteiger partial charge in [0.1, 0.15) is 11.5 Å². The van der Waals surface area contributed by atoms with Crippen LogP contribution in [0.1, 0.15) is 17.4 Å². The van der Waals surface area contributed by atoms with Crippen LogP contribution < -0.4 is 4.74 Å². The highest BCUT2D eigenvalue weighted by molar-refractivity contribution is 5.92. The number of hydrogen-bond acceptors (Lipinski definition) is 3. The van der Waals surface area contributed by atoms with Crippen LogP contribution in [0, 0.1) is 11.6 Å². The molecule has 1 fully saturated rings. The van der Waals surface area contributed by atoms with Crippen molar-refractivity contribution in [3.63, 3.8) is 0 Å². The number of hydrogen-bond donors (Lipinski definition) is 1. The van der Waals surface area contributed by atoms with E-state index in [-0.39, 0.29) is 17.6 Å². The maximum absolute atomic E-state index is 13.7. The first kappa shape index (κ1) is 17.9. The Kier molecular flexibility index (Phi) is 5.20. The predicted molar refractivity (Wildman–Crippen MR) is 89.7 cm³/mol. The summed E-state index contributed by atoms with van der Waals surface area (Å²) in [4.78, 5) is 30.9. The van der Waals surface area contributed by atoms with E-state index >= 15 is 0 Å². The molecule has 3 rings (SSSR count). The molecule has 1 saturated heterocycles. The second kappa shape index (κ2) is 7.55. The van der Waals surface area contributed by atoms with Gasteiger partial charge in [-0.05, 0) is 31.2 Å². The Balaban J connectivity index is 1.55. The van der Waals surface area contributed by atoms with E-state index in [0.29, 0.717) is 37.9 Å². The molecule has 0 spiro atoms. The van der Waals surface area contributed by atoms with Crippen LogP contribution in [0.4, 0.5) is 8.78 Å². The number of aromatic amines is 1. The van der Waals surface area contributed by atoms with Gasteiger partial charge in [-0.2, -0.15) is 0 Å². The zero-order chi connectivity index (χ0) is 18.7. The Morgan fingerprint density at radius 1 is 1.12 bits per heavy atom. The quantitative estimate of drug-likeness (QED) is 0.904. The second-order valence-corrected chi connectivity index (χ2v) is 6.04. The molecule has 0 bridgehead atoms. The summed E-state index contributed by atoms with van der Waals surface area (Å²) in [6.45, 7) is 3.06. The maximum atomic E-state index is 13.7. The SMILES string of the molecule is C[C@H](Oc1ccc(F)cc1F)C(=O)N1CCN(C(=O)c2ccc[nH]2)CC1. The van der Waals surface area contributed by atoms with Gasteiger partial charge in [0, 0.05) is 38.4 Å². The molecule has 26 heavy (non-hydrogen) atoms. The Labute approximate surface area is 149 Å². The summed E-state index contributed by atoms with van der Waals surface area (Å²) in [5.41, 5.74) is 0.508. The lowest BCUT2D eigenvalue weighted by atomic mass is 10.2. The number of benzene rings is 1. The summed E-state index contributed by atoms with van der Waals surface area (Å²) in [7, 11) is 0. The van der Waals surface area contributed by atoms with Gasteiger partial charge in [-0.25, -0.2) is 8.78 Å². The van der Waals surface area contributed by atoms with Crippen LogP contribution in [0.15, 0.2) is 36.5 Å². The fourth-order valence-electron chi connectivity index (χ4n) is 2.83. The predicted octanol–water partition coefficient (Wildman–Crippen LogP) is 2.04. The van der Waals surface area contributed by atoms with E-state index in [1.54, 1.807) is 28.1 Å². The van der Waals surface area contributed by atoms with E-state index in [4.69, 9.17) is 4.74 Å². The van der Waals surface area contributed by atoms with Crippen molar-refractivity contribution in [1.29, 1.82) is 0 Å². The number of rotatable bonds is 4. The Morgan fingerprint density at radius 3 is 2.42 bits per heavy atom. The molecule has 6 nitrogen and oxygen atoms in total. The highest BCUT2D eigenvalue weighted by Crippen LogP contribution is 2.20. The van der Waals surface area contributed by atoms with Crippen LogP contribution in [0.25, 0.3) is 0 Å². The molecular weight excluding hydrogens is 344 g/mol. The number of ether oxygens (including phenoxy) is 1. The number of piperazine rings is 1. The smallest absolute Gasteiger partial charge is 0.270 e. The zero-order valence-corrected chi connectivity index (χ0v) is 14.2. The Morgan fingerprint density at radius 2 is 1.81 bits per heavy atom. The summed E-state index contributed by atoms with van der Waals surface area (Å²) in [6.07, 6.45) is 0.765. The van der Waals surface area contributed by atoms with Gasteiger partial charge in [0.15, 0.2) is 17.7 Å². The molecule has 1 aromatic carbocycles. The molecule has 1 aliphatic heterocycles. The van der Waals surface area contributed by atoms with Crippen molar-refractivity contribution in [3.8, 4) is 5.75 Å². The number of amides is 2. The average molecular weight is 363 g/mol. The van der Waals surface area contributed by atoms with Crippen LogP contribution in [0.2, 0.25) is 0 Å². The van der Waals surface area contributed by atoms with Crippen LogP contribution in [-0.2, 0) is 4.79 Å². The van der Waals surface area contributed by atoms with Gasteiger partial charge in [-0.1, -0.05) is 0 Å².